The molecule has 0 bridgehead atoms. The van der Waals surface area contributed by atoms with Crippen molar-refractivity contribution in [1.29, 1.82) is 0 Å². The van der Waals surface area contributed by atoms with E-state index < -0.39 is 16.3 Å². The number of carboxylic acids is 1. The molecule has 2 heterocycles. The Labute approximate surface area is 162 Å². The zero-order valence-electron chi connectivity index (χ0n) is 12.2. The van der Waals surface area contributed by atoms with Crippen LogP contribution in [0.15, 0.2) is 16.3 Å². The van der Waals surface area contributed by atoms with Crippen LogP contribution in [0.2, 0.25) is 0 Å². The highest BCUT2D eigenvalue weighted by atomic mass is 79.9. The minimum atomic E-state index is -1.11. The van der Waals surface area contributed by atoms with E-state index in [1.165, 1.54) is 23.1 Å². The van der Waals surface area contributed by atoms with E-state index in [-0.39, 0.29) is 34.0 Å². The third-order valence-electron chi connectivity index (χ3n) is 4.19. The second-order valence-electron chi connectivity index (χ2n) is 5.59. The maximum Gasteiger partial charge on any atom is 0.352 e. The number of β-lactam (4-membered cyclic amide) rings is 1. The second kappa shape index (κ2) is 7.89. The lowest BCUT2D eigenvalue weighted by molar-refractivity contribution is -0.147. The number of amides is 1. The summed E-state index contributed by atoms with van der Waals surface area (Å²) in [5, 5.41) is 9.22. The molecular weight excluding hydrogens is 471 g/mol. The van der Waals surface area contributed by atoms with E-state index in [2.05, 4.69) is 20.9 Å². The van der Waals surface area contributed by atoms with Crippen molar-refractivity contribution >= 4 is 73.9 Å². The molecule has 9 heteroatoms. The monoisotopic (exact) mass is 486 g/mol. The van der Waals surface area contributed by atoms with Gasteiger partial charge in [-0.15, -0.1) is 40.3 Å². The number of hydrogen-bond acceptors (Lipinski definition) is 4. The third kappa shape index (κ3) is 3.65. The van der Waals surface area contributed by atoms with Gasteiger partial charge in [0, 0.05) is 11.5 Å². The summed E-state index contributed by atoms with van der Waals surface area (Å²) in [6.07, 6.45) is 5.39. The van der Waals surface area contributed by atoms with E-state index in [4.69, 9.17) is 11.6 Å². The Morgan fingerprint density at radius 3 is 2.61 bits per heavy atom. The van der Waals surface area contributed by atoms with Crippen LogP contribution in [0.25, 0.3) is 0 Å². The third-order valence-corrected chi connectivity index (χ3v) is 6.29. The average molecular weight is 489 g/mol. The quantitative estimate of drug-likeness (QED) is 0.487. The first-order valence-corrected chi connectivity index (χ1v) is 9.65. The summed E-state index contributed by atoms with van der Waals surface area (Å²) in [5.74, 6) is -0.839. The number of aliphatic imine (C=N–C) groups is 1. The number of carbonyl (C=O) groups excluding carboxylic acids is 1. The van der Waals surface area contributed by atoms with E-state index >= 15 is 0 Å². The summed E-state index contributed by atoms with van der Waals surface area (Å²) in [6, 6.07) is -0.432. The number of carbonyl (C=O) groups is 2. The van der Waals surface area contributed by atoms with E-state index in [0.29, 0.717) is 11.3 Å². The largest absolute Gasteiger partial charge is 0.477 e. The van der Waals surface area contributed by atoms with Gasteiger partial charge in [-0.05, 0) is 31.3 Å². The summed E-state index contributed by atoms with van der Waals surface area (Å²) in [5.41, 5.74) is 1.66. The van der Waals surface area contributed by atoms with Crippen molar-refractivity contribution in [2.75, 3.05) is 5.75 Å². The lowest BCUT2D eigenvalue weighted by Gasteiger charge is -2.48. The molecule has 0 radical (unpaired) electrons. The summed E-state index contributed by atoms with van der Waals surface area (Å²) >= 11 is 10.7. The van der Waals surface area contributed by atoms with Gasteiger partial charge in [0.15, 0.2) is 6.04 Å². The maximum atomic E-state index is 12.4. The van der Waals surface area contributed by atoms with E-state index in [1.54, 1.807) is 0 Å². The SMILES string of the molecule is Br.O=C(O)C1=C(C(Cl)Br)CS[C@H]2[C@H](N=C3CCCCC3)C(=O)N12. The highest BCUT2D eigenvalue weighted by molar-refractivity contribution is 9.10. The first kappa shape index (κ1) is 19.3. The summed E-state index contributed by atoms with van der Waals surface area (Å²) in [7, 11) is 0. The topological polar surface area (TPSA) is 70.0 Å². The number of carboxylic acid groups (broad SMARTS) is 1. The number of nitrogens with zero attached hydrogens (tertiary/aromatic N) is 2. The van der Waals surface area contributed by atoms with Crippen LogP contribution in [-0.2, 0) is 9.59 Å². The van der Waals surface area contributed by atoms with Gasteiger partial charge in [-0.2, -0.15) is 0 Å². The number of alkyl halides is 2. The van der Waals surface area contributed by atoms with Crippen molar-refractivity contribution in [2.45, 2.75) is 47.8 Å². The molecule has 0 aromatic carbocycles. The van der Waals surface area contributed by atoms with Crippen LogP contribution in [0.3, 0.4) is 0 Å². The normalized spacial score (nSPS) is 28.5. The molecule has 0 aromatic heterocycles. The van der Waals surface area contributed by atoms with Crippen LogP contribution in [0.4, 0.5) is 0 Å². The van der Waals surface area contributed by atoms with Gasteiger partial charge in [-0.1, -0.05) is 22.4 Å². The first-order valence-electron chi connectivity index (χ1n) is 7.25. The minimum absolute atomic E-state index is 0. The Morgan fingerprint density at radius 2 is 2.04 bits per heavy atom. The minimum Gasteiger partial charge on any atom is -0.477 e. The Bertz CT molecular complexity index is 574. The van der Waals surface area contributed by atoms with Crippen molar-refractivity contribution < 1.29 is 14.7 Å². The van der Waals surface area contributed by atoms with Gasteiger partial charge in [-0.25, -0.2) is 4.79 Å². The zero-order chi connectivity index (χ0) is 15.9. The lowest BCUT2D eigenvalue weighted by Crippen LogP contribution is -2.64. The van der Waals surface area contributed by atoms with Crippen molar-refractivity contribution in [3.8, 4) is 0 Å². The molecule has 23 heavy (non-hydrogen) atoms. The Morgan fingerprint density at radius 1 is 1.39 bits per heavy atom. The van der Waals surface area contributed by atoms with Gasteiger partial charge >= 0.3 is 5.97 Å². The van der Waals surface area contributed by atoms with Crippen LogP contribution >= 0.6 is 56.3 Å². The lowest BCUT2D eigenvalue weighted by atomic mass is 9.97. The van der Waals surface area contributed by atoms with Crippen LogP contribution in [-0.4, -0.2) is 49.0 Å². The smallest absolute Gasteiger partial charge is 0.352 e. The fraction of sp³-hybridized carbons (Fsp3) is 0.643. The molecule has 2 fully saturated rings. The molecule has 5 nitrogen and oxygen atoms in total. The van der Waals surface area contributed by atoms with Crippen molar-refractivity contribution in [1.82, 2.24) is 4.90 Å². The van der Waals surface area contributed by atoms with E-state index in [9.17, 15) is 14.7 Å². The van der Waals surface area contributed by atoms with Crippen LogP contribution in [0.5, 0.6) is 0 Å². The molecular formula is C14H17Br2ClN2O3S. The van der Waals surface area contributed by atoms with Crippen LogP contribution in [0.1, 0.15) is 32.1 Å². The molecule has 1 saturated heterocycles. The van der Waals surface area contributed by atoms with E-state index in [0.717, 1.165) is 31.4 Å². The van der Waals surface area contributed by atoms with Crippen LogP contribution < -0.4 is 0 Å². The molecule has 0 aromatic rings. The number of fused-ring (bicyclic) bond motifs is 1. The zero-order valence-corrected chi connectivity index (χ0v) is 17.1. The molecule has 3 atom stereocenters. The van der Waals surface area contributed by atoms with Gasteiger partial charge in [0.2, 0.25) is 0 Å². The molecule has 1 unspecified atom stereocenters. The Kier molecular flexibility index (Phi) is 6.61. The molecule has 128 valence electrons. The Hall–Kier alpha value is -0.0500. The molecule has 3 rings (SSSR count). The molecule has 2 aliphatic heterocycles. The number of rotatable bonds is 3. The van der Waals surface area contributed by atoms with E-state index in [1.807, 2.05) is 0 Å². The highest BCUT2D eigenvalue weighted by Crippen LogP contribution is 2.44. The van der Waals surface area contributed by atoms with Crippen molar-refractivity contribution in [2.24, 2.45) is 4.99 Å². The highest BCUT2D eigenvalue weighted by Gasteiger charge is 2.54. The molecule has 1 amide bonds. The summed E-state index contributed by atoms with van der Waals surface area (Å²) in [6.45, 7) is 0. The molecule has 1 aliphatic carbocycles. The van der Waals surface area contributed by atoms with Crippen molar-refractivity contribution in [3.05, 3.63) is 11.3 Å². The maximum absolute atomic E-state index is 12.4. The number of hydrogen-bond donors (Lipinski definition) is 1. The second-order valence-corrected chi connectivity index (χ2v) is 8.57. The number of thioether (sulfide) groups is 1. The van der Waals surface area contributed by atoms with Gasteiger partial charge in [0.05, 0.1) is 0 Å². The fourth-order valence-electron chi connectivity index (χ4n) is 3.06. The van der Waals surface area contributed by atoms with Crippen LogP contribution in [0, 0.1) is 0 Å². The molecule has 3 aliphatic rings. The average Bonchev–Trinajstić information content (AvgIpc) is 2.51. The van der Waals surface area contributed by atoms with Gasteiger partial charge in [0.1, 0.15) is 15.4 Å². The van der Waals surface area contributed by atoms with Gasteiger partial charge < -0.3 is 5.11 Å². The molecule has 1 N–H and O–H groups in total. The van der Waals surface area contributed by atoms with Gasteiger partial charge in [0.25, 0.3) is 5.91 Å². The number of aliphatic carboxylic acids is 1. The predicted octanol–water partition coefficient (Wildman–Crippen LogP) is 3.55. The molecule has 0 spiro atoms. The van der Waals surface area contributed by atoms with Crippen molar-refractivity contribution in [3.63, 3.8) is 0 Å². The van der Waals surface area contributed by atoms with Gasteiger partial charge in [-0.3, -0.25) is 14.7 Å². The standard InChI is InChI=1S/C14H16BrClN2O3S.BrH/c15-11(16)8-6-22-13-9(17-7-4-2-1-3-5-7)12(19)18(13)10(8)14(20)21;/h9,11,13H,1-6H2,(H,20,21);1H/t9-,11?,13+;/m1./s1. The Balaban J connectivity index is 0.00000192. The predicted molar refractivity (Wildman–Crippen MR) is 101 cm³/mol. The molecule has 1 saturated carbocycles. The first-order chi connectivity index (χ1) is 10.5. The fourth-order valence-corrected chi connectivity index (χ4v) is 5.30. The number of halogens is 3. The summed E-state index contributed by atoms with van der Waals surface area (Å²) in [4.78, 5) is 29.9. The summed E-state index contributed by atoms with van der Waals surface area (Å²) < 4.78 is -0.580.